The van der Waals surface area contributed by atoms with Gasteiger partial charge in [0.1, 0.15) is 0 Å². The second-order valence-electron chi connectivity index (χ2n) is 3.19. The third-order valence-corrected chi connectivity index (χ3v) is 2.75. The fourth-order valence-electron chi connectivity index (χ4n) is 1.26. The molecule has 0 bridgehead atoms. The first kappa shape index (κ1) is 12.4. The Morgan fingerprint density at radius 3 is 2.80 bits per heavy atom. The predicted octanol–water partition coefficient (Wildman–Crippen LogP) is 2.00. The number of methoxy groups -OCH3 is 1. The first-order chi connectivity index (χ1) is 7.19. The van der Waals surface area contributed by atoms with Crippen LogP contribution in [0.2, 0.25) is 0 Å². The molecule has 1 N–H and O–H groups in total. The standard InChI is InChI=1S/C11H14BrNO2/c1-13-6-11(14)8-3-4-9(7-15-2)10(12)5-8/h3-5,13H,6-7H2,1-2H3. The van der Waals surface area contributed by atoms with Crippen LogP contribution in [0.1, 0.15) is 15.9 Å². The van der Waals surface area contributed by atoms with E-state index in [1.165, 1.54) is 0 Å². The van der Waals surface area contributed by atoms with Crippen LogP contribution in [0.5, 0.6) is 0 Å². The maximum Gasteiger partial charge on any atom is 0.176 e. The SMILES string of the molecule is CNCC(=O)c1ccc(COC)c(Br)c1. The van der Waals surface area contributed by atoms with E-state index in [4.69, 9.17) is 4.74 Å². The van der Waals surface area contributed by atoms with Crippen molar-refractivity contribution in [1.82, 2.24) is 5.32 Å². The molecular weight excluding hydrogens is 258 g/mol. The number of ketones is 1. The molecule has 0 saturated carbocycles. The second kappa shape index (κ2) is 6.00. The molecule has 0 radical (unpaired) electrons. The number of hydrogen-bond acceptors (Lipinski definition) is 3. The molecule has 0 amide bonds. The minimum atomic E-state index is 0.0853. The predicted molar refractivity (Wildman–Crippen MR) is 63.1 cm³/mol. The van der Waals surface area contributed by atoms with Crippen molar-refractivity contribution in [2.45, 2.75) is 6.61 Å². The molecule has 1 aromatic rings. The Hall–Kier alpha value is -0.710. The largest absolute Gasteiger partial charge is 0.380 e. The summed E-state index contributed by atoms with van der Waals surface area (Å²) in [5, 5.41) is 2.84. The van der Waals surface area contributed by atoms with E-state index in [1.54, 1.807) is 14.2 Å². The van der Waals surface area contributed by atoms with Gasteiger partial charge in [0.25, 0.3) is 0 Å². The van der Waals surface area contributed by atoms with E-state index in [2.05, 4.69) is 21.2 Å². The van der Waals surface area contributed by atoms with Crippen LogP contribution in [0.3, 0.4) is 0 Å². The quantitative estimate of drug-likeness (QED) is 0.833. The molecule has 0 aliphatic heterocycles. The third kappa shape index (κ3) is 3.41. The van der Waals surface area contributed by atoms with E-state index >= 15 is 0 Å². The number of carbonyl (C=O) groups is 1. The zero-order valence-corrected chi connectivity index (χ0v) is 10.4. The van der Waals surface area contributed by atoms with E-state index in [9.17, 15) is 4.79 Å². The van der Waals surface area contributed by atoms with Gasteiger partial charge >= 0.3 is 0 Å². The summed E-state index contributed by atoms with van der Waals surface area (Å²) in [5.74, 6) is 0.0853. The summed E-state index contributed by atoms with van der Waals surface area (Å²) in [5.41, 5.74) is 1.74. The van der Waals surface area contributed by atoms with Gasteiger partial charge in [-0.25, -0.2) is 0 Å². The summed E-state index contributed by atoms with van der Waals surface area (Å²) in [6.45, 7) is 0.900. The van der Waals surface area contributed by atoms with Crippen LogP contribution < -0.4 is 5.32 Å². The number of benzene rings is 1. The summed E-state index contributed by atoms with van der Waals surface area (Å²) in [4.78, 5) is 11.6. The zero-order chi connectivity index (χ0) is 11.3. The van der Waals surface area contributed by atoms with Gasteiger partial charge in [-0.1, -0.05) is 28.1 Å². The molecule has 0 unspecified atom stereocenters. The van der Waals surface area contributed by atoms with Crippen molar-refractivity contribution in [3.8, 4) is 0 Å². The monoisotopic (exact) mass is 271 g/mol. The summed E-state index contributed by atoms with van der Waals surface area (Å²) < 4.78 is 5.94. The van der Waals surface area contributed by atoms with Crippen molar-refractivity contribution in [2.24, 2.45) is 0 Å². The summed E-state index contributed by atoms with van der Waals surface area (Å²) in [6.07, 6.45) is 0. The Bertz CT molecular complexity index is 352. The maximum absolute atomic E-state index is 11.6. The highest BCUT2D eigenvalue weighted by Gasteiger charge is 2.07. The van der Waals surface area contributed by atoms with E-state index in [0.29, 0.717) is 18.7 Å². The number of ether oxygens (including phenoxy) is 1. The van der Waals surface area contributed by atoms with Crippen LogP contribution in [0.4, 0.5) is 0 Å². The minimum absolute atomic E-state index is 0.0853. The Morgan fingerprint density at radius 2 is 2.27 bits per heavy atom. The van der Waals surface area contributed by atoms with Crippen LogP contribution >= 0.6 is 15.9 Å². The summed E-state index contributed by atoms with van der Waals surface area (Å²) in [7, 11) is 3.40. The summed E-state index contributed by atoms with van der Waals surface area (Å²) in [6, 6.07) is 5.54. The van der Waals surface area contributed by atoms with Crippen LogP contribution in [-0.4, -0.2) is 26.5 Å². The average molecular weight is 272 g/mol. The van der Waals surface area contributed by atoms with Gasteiger partial charge in [-0.2, -0.15) is 0 Å². The molecule has 0 fully saturated rings. The molecule has 0 saturated heterocycles. The average Bonchev–Trinajstić information content (AvgIpc) is 2.21. The Labute approximate surface area is 97.9 Å². The lowest BCUT2D eigenvalue weighted by atomic mass is 10.1. The first-order valence-corrected chi connectivity index (χ1v) is 5.43. The van der Waals surface area contributed by atoms with Crippen molar-refractivity contribution in [1.29, 1.82) is 0 Å². The minimum Gasteiger partial charge on any atom is -0.380 e. The molecule has 1 rings (SSSR count). The van der Waals surface area contributed by atoms with Gasteiger partial charge in [0, 0.05) is 17.1 Å². The van der Waals surface area contributed by atoms with Crippen molar-refractivity contribution in [3.05, 3.63) is 33.8 Å². The van der Waals surface area contributed by atoms with E-state index in [1.807, 2.05) is 18.2 Å². The zero-order valence-electron chi connectivity index (χ0n) is 8.84. The molecule has 3 nitrogen and oxygen atoms in total. The van der Waals surface area contributed by atoms with Gasteiger partial charge < -0.3 is 10.1 Å². The smallest absolute Gasteiger partial charge is 0.176 e. The van der Waals surface area contributed by atoms with Crippen LogP contribution in [0.15, 0.2) is 22.7 Å². The molecule has 0 heterocycles. The molecule has 4 heteroatoms. The van der Waals surface area contributed by atoms with Gasteiger partial charge in [-0.05, 0) is 18.7 Å². The number of rotatable bonds is 5. The van der Waals surface area contributed by atoms with Gasteiger partial charge in [0.05, 0.1) is 13.2 Å². The number of hydrogen-bond donors (Lipinski definition) is 1. The van der Waals surface area contributed by atoms with Crippen molar-refractivity contribution in [3.63, 3.8) is 0 Å². The molecule has 0 aliphatic rings. The highest BCUT2D eigenvalue weighted by atomic mass is 79.9. The van der Waals surface area contributed by atoms with Gasteiger partial charge in [0.2, 0.25) is 0 Å². The fourth-order valence-corrected chi connectivity index (χ4v) is 1.75. The lowest BCUT2D eigenvalue weighted by Crippen LogP contribution is -2.18. The molecule has 1 aromatic carbocycles. The number of likely N-dealkylation sites (N-methyl/N-ethyl adjacent to an activating group) is 1. The lowest BCUT2D eigenvalue weighted by Gasteiger charge is -2.05. The Balaban J connectivity index is 2.86. The van der Waals surface area contributed by atoms with Gasteiger partial charge in [-0.15, -0.1) is 0 Å². The van der Waals surface area contributed by atoms with Gasteiger partial charge in [0.15, 0.2) is 5.78 Å². The summed E-state index contributed by atoms with van der Waals surface area (Å²) >= 11 is 3.41. The second-order valence-corrected chi connectivity index (χ2v) is 4.05. The molecule has 0 aliphatic carbocycles. The van der Waals surface area contributed by atoms with E-state index < -0.39 is 0 Å². The molecule has 0 atom stereocenters. The number of Topliss-reactive ketones (excluding diaryl/α,β-unsaturated/α-hetero) is 1. The Morgan fingerprint density at radius 1 is 1.53 bits per heavy atom. The van der Waals surface area contributed by atoms with E-state index in [-0.39, 0.29) is 5.78 Å². The third-order valence-electron chi connectivity index (χ3n) is 2.01. The van der Waals surface area contributed by atoms with Gasteiger partial charge in [-0.3, -0.25) is 4.79 Å². The fraction of sp³-hybridized carbons (Fsp3) is 0.364. The Kier molecular flexibility index (Phi) is 4.94. The van der Waals surface area contributed by atoms with Crippen molar-refractivity contribution >= 4 is 21.7 Å². The lowest BCUT2D eigenvalue weighted by molar-refractivity contribution is 0.0993. The highest BCUT2D eigenvalue weighted by Crippen LogP contribution is 2.19. The number of nitrogens with one attached hydrogen (secondary N) is 1. The maximum atomic E-state index is 11.6. The molecule has 0 aromatic heterocycles. The normalized spacial score (nSPS) is 10.3. The topological polar surface area (TPSA) is 38.3 Å². The van der Waals surface area contributed by atoms with Crippen LogP contribution in [0.25, 0.3) is 0 Å². The van der Waals surface area contributed by atoms with Crippen LogP contribution in [-0.2, 0) is 11.3 Å². The highest BCUT2D eigenvalue weighted by molar-refractivity contribution is 9.10. The first-order valence-electron chi connectivity index (χ1n) is 4.64. The molecule has 82 valence electrons. The number of halogens is 1. The van der Waals surface area contributed by atoms with Crippen LogP contribution in [0, 0.1) is 0 Å². The van der Waals surface area contributed by atoms with Crippen molar-refractivity contribution in [2.75, 3.05) is 20.7 Å². The molecule has 15 heavy (non-hydrogen) atoms. The number of carbonyl (C=O) groups excluding carboxylic acids is 1. The van der Waals surface area contributed by atoms with E-state index in [0.717, 1.165) is 10.0 Å². The van der Waals surface area contributed by atoms with Crippen molar-refractivity contribution < 1.29 is 9.53 Å². The molecule has 0 spiro atoms. The molecular formula is C11H14BrNO2.